The lowest BCUT2D eigenvalue weighted by Crippen LogP contribution is -2.29. The minimum Gasteiger partial charge on any atom is -0.373 e. The molecule has 0 aromatic heterocycles. The molecule has 0 aliphatic carbocycles. The number of methoxy groups -OCH3 is 1. The van der Waals surface area contributed by atoms with E-state index in [0.717, 1.165) is 18.4 Å². The minimum atomic E-state index is -1.35. The zero-order chi connectivity index (χ0) is 13.6. The first kappa shape index (κ1) is 15.1. The second-order valence-corrected chi connectivity index (χ2v) is 5.74. The monoisotopic (exact) mass is 267 g/mol. The van der Waals surface area contributed by atoms with Crippen LogP contribution in [-0.2, 0) is 15.7 Å². The molecule has 3 nitrogen and oxygen atoms in total. The summed E-state index contributed by atoms with van der Waals surface area (Å²) in [7, 11) is 0.295. The van der Waals surface area contributed by atoms with Gasteiger partial charge in [0.15, 0.2) is 11.0 Å². The summed E-state index contributed by atoms with van der Waals surface area (Å²) in [5, 5.41) is 0. The van der Waals surface area contributed by atoms with E-state index in [2.05, 4.69) is 11.3 Å². The van der Waals surface area contributed by atoms with Crippen LogP contribution in [0.5, 0.6) is 0 Å². The van der Waals surface area contributed by atoms with Crippen LogP contribution in [0.2, 0.25) is 0 Å². The van der Waals surface area contributed by atoms with Crippen molar-refractivity contribution < 1.29 is 8.95 Å². The third-order valence-corrected chi connectivity index (χ3v) is 3.83. The molecule has 0 amide bonds. The Morgan fingerprint density at radius 1 is 1.39 bits per heavy atom. The van der Waals surface area contributed by atoms with E-state index in [1.807, 2.05) is 38.1 Å². The fourth-order valence-electron chi connectivity index (χ4n) is 1.59. The zero-order valence-electron chi connectivity index (χ0n) is 11.5. The number of benzene rings is 1. The molecule has 0 bridgehead atoms. The molecule has 18 heavy (non-hydrogen) atoms. The predicted octanol–water partition coefficient (Wildman–Crippen LogP) is 3.29. The summed E-state index contributed by atoms with van der Waals surface area (Å²) >= 11 is 0. The molecule has 0 heterocycles. The Morgan fingerprint density at radius 2 is 2.00 bits per heavy atom. The molecular weight excluding hydrogens is 246 g/mol. The van der Waals surface area contributed by atoms with Gasteiger partial charge in [-0.3, -0.25) is 0 Å². The first-order chi connectivity index (χ1) is 8.50. The van der Waals surface area contributed by atoms with Crippen LogP contribution < -0.4 is 0 Å². The van der Waals surface area contributed by atoms with Crippen molar-refractivity contribution in [1.82, 2.24) is 0 Å². The molecule has 0 N–H and O–H groups in total. The van der Waals surface area contributed by atoms with Crippen molar-refractivity contribution in [3.05, 3.63) is 29.8 Å². The second-order valence-electron chi connectivity index (χ2n) is 4.56. The van der Waals surface area contributed by atoms with Crippen LogP contribution >= 0.6 is 0 Å². The molecule has 0 spiro atoms. The molecule has 0 saturated carbocycles. The van der Waals surface area contributed by atoms with Crippen LogP contribution in [0.1, 0.15) is 32.3 Å². The molecule has 0 unspecified atom stereocenters. The van der Waals surface area contributed by atoms with Crippen LogP contribution in [0.3, 0.4) is 0 Å². The van der Waals surface area contributed by atoms with E-state index in [1.165, 1.54) is 0 Å². The van der Waals surface area contributed by atoms with E-state index in [9.17, 15) is 4.21 Å². The molecule has 0 aliphatic rings. The van der Waals surface area contributed by atoms with E-state index in [0.29, 0.717) is 4.90 Å². The normalized spacial score (nSPS) is 16.7. The van der Waals surface area contributed by atoms with Crippen molar-refractivity contribution in [2.24, 2.45) is 4.40 Å². The number of hydrogen-bond donors (Lipinski definition) is 0. The summed E-state index contributed by atoms with van der Waals surface area (Å²) in [6.07, 6.45) is 3.51. The minimum absolute atomic E-state index is 0.435. The van der Waals surface area contributed by atoms with Gasteiger partial charge >= 0.3 is 0 Å². The van der Waals surface area contributed by atoms with Gasteiger partial charge in [-0.2, -0.15) is 4.40 Å². The fourth-order valence-corrected chi connectivity index (χ4v) is 2.40. The summed E-state index contributed by atoms with van der Waals surface area (Å²) in [5.74, 6) is 0. The lowest BCUT2D eigenvalue weighted by Gasteiger charge is -2.22. The van der Waals surface area contributed by atoms with Crippen LogP contribution in [0.25, 0.3) is 0 Å². The highest BCUT2D eigenvalue weighted by atomic mass is 32.2. The molecular formula is C14H21NO2S. The highest BCUT2D eigenvalue weighted by Crippen LogP contribution is 2.15. The Bertz CT molecular complexity index is 428. The van der Waals surface area contributed by atoms with Gasteiger partial charge in [0.25, 0.3) is 0 Å². The highest BCUT2D eigenvalue weighted by molar-refractivity contribution is 7.83. The summed E-state index contributed by atoms with van der Waals surface area (Å²) < 4.78 is 21.5. The summed E-state index contributed by atoms with van der Waals surface area (Å²) in [6.45, 7) is 6.04. The SMILES string of the molecule is CCC[C@@](C)(C=N[S@](=O)c1ccc(C)cc1)OC. The molecule has 100 valence electrons. The molecule has 1 aromatic rings. The first-order valence-electron chi connectivity index (χ1n) is 6.09. The average molecular weight is 267 g/mol. The van der Waals surface area contributed by atoms with Crippen molar-refractivity contribution in [2.75, 3.05) is 7.11 Å². The number of ether oxygens (including phenoxy) is 1. The van der Waals surface area contributed by atoms with Crippen molar-refractivity contribution in [3.8, 4) is 0 Å². The first-order valence-corrected chi connectivity index (χ1v) is 7.20. The van der Waals surface area contributed by atoms with Gasteiger partial charge in [0.1, 0.15) is 5.60 Å². The Labute approximate surface area is 112 Å². The van der Waals surface area contributed by atoms with Crippen LogP contribution in [-0.4, -0.2) is 23.1 Å². The Balaban J connectivity index is 2.77. The smallest absolute Gasteiger partial charge is 0.172 e. The van der Waals surface area contributed by atoms with Crippen molar-refractivity contribution in [1.29, 1.82) is 0 Å². The summed E-state index contributed by atoms with van der Waals surface area (Å²) in [4.78, 5) is 0.715. The maximum Gasteiger partial charge on any atom is 0.172 e. The Hall–Kier alpha value is -1.00. The van der Waals surface area contributed by atoms with Gasteiger partial charge in [-0.05, 0) is 32.4 Å². The lowest BCUT2D eigenvalue weighted by atomic mass is 10.0. The van der Waals surface area contributed by atoms with E-state index in [-0.39, 0.29) is 0 Å². The van der Waals surface area contributed by atoms with Crippen LogP contribution in [0.15, 0.2) is 33.6 Å². The van der Waals surface area contributed by atoms with Gasteiger partial charge in [-0.15, -0.1) is 0 Å². The molecule has 0 fully saturated rings. The van der Waals surface area contributed by atoms with Gasteiger partial charge in [0.2, 0.25) is 0 Å². The summed E-state index contributed by atoms with van der Waals surface area (Å²) in [6, 6.07) is 7.55. The zero-order valence-corrected chi connectivity index (χ0v) is 12.3. The quantitative estimate of drug-likeness (QED) is 0.742. The van der Waals surface area contributed by atoms with Crippen molar-refractivity contribution >= 4 is 17.2 Å². The second kappa shape index (κ2) is 6.81. The number of nitrogens with zero attached hydrogens (tertiary/aromatic N) is 1. The molecule has 1 rings (SSSR count). The lowest BCUT2D eigenvalue weighted by molar-refractivity contribution is 0.0627. The van der Waals surface area contributed by atoms with Crippen LogP contribution in [0, 0.1) is 6.92 Å². The molecule has 1 aromatic carbocycles. The topological polar surface area (TPSA) is 38.7 Å². The Kier molecular flexibility index (Phi) is 5.69. The largest absolute Gasteiger partial charge is 0.373 e. The standard InChI is InChI=1S/C14H21NO2S/c1-5-10-14(3,17-4)11-15-18(16)13-8-6-12(2)7-9-13/h6-9,11H,5,10H2,1-4H3/t14-,18+/m0/s1. The maximum absolute atomic E-state index is 12.0. The van der Waals surface area contributed by atoms with E-state index < -0.39 is 16.6 Å². The van der Waals surface area contributed by atoms with Crippen molar-refractivity contribution in [3.63, 3.8) is 0 Å². The third kappa shape index (κ3) is 4.35. The van der Waals surface area contributed by atoms with Crippen molar-refractivity contribution in [2.45, 2.75) is 44.1 Å². The maximum atomic E-state index is 12.0. The van der Waals surface area contributed by atoms with E-state index in [4.69, 9.17) is 4.74 Å². The molecule has 4 heteroatoms. The number of rotatable bonds is 6. The number of aryl methyl sites for hydroxylation is 1. The van der Waals surface area contributed by atoms with Crippen LogP contribution in [0.4, 0.5) is 0 Å². The van der Waals surface area contributed by atoms with E-state index >= 15 is 0 Å². The van der Waals surface area contributed by atoms with Gasteiger partial charge in [0, 0.05) is 13.3 Å². The average Bonchev–Trinajstić information content (AvgIpc) is 2.37. The highest BCUT2D eigenvalue weighted by Gasteiger charge is 2.20. The third-order valence-electron chi connectivity index (χ3n) is 2.86. The number of hydrogen-bond acceptors (Lipinski definition) is 2. The molecule has 0 radical (unpaired) electrons. The van der Waals surface area contributed by atoms with Gasteiger partial charge < -0.3 is 4.74 Å². The Morgan fingerprint density at radius 3 is 2.50 bits per heavy atom. The fraction of sp³-hybridized carbons (Fsp3) is 0.500. The van der Waals surface area contributed by atoms with Gasteiger partial charge in [-0.1, -0.05) is 31.0 Å². The predicted molar refractivity (Wildman–Crippen MR) is 76.4 cm³/mol. The van der Waals surface area contributed by atoms with Gasteiger partial charge in [0.05, 0.1) is 4.90 Å². The molecule has 2 atom stereocenters. The summed E-state index contributed by atoms with van der Waals surface area (Å²) in [5.41, 5.74) is 0.710. The molecule has 0 aliphatic heterocycles. The van der Waals surface area contributed by atoms with Gasteiger partial charge in [-0.25, -0.2) is 4.21 Å². The van der Waals surface area contributed by atoms with E-state index in [1.54, 1.807) is 13.3 Å². The molecule has 0 saturated heterocycles.